The summed E-state index contributed by atoms with van der Waals surface area (Å²) in [6, 6.07) is 5.78. The summed E-state index contributed by atoms with van der Waals surface area (Å²) in [5, 5.41) is 8.60. The van der Waals surface area contributed by atoms with E-state index in [0.29, 0.717) is 0 Å². The topological polar surface area (TPSA) is 53.2 Å². The van der Waals surface area contributed by atoms with Gasteiger partial charge in [0.2, 0.25) is 0 Å². The number of carbonyl (C=O) groups is 1. The number of aryl methyl sites for hydroxylation is 1. The highest BCUT2D eigenvalue weighted by atomic mass is 16.2. The maximum Gasteiger partial charge on any atom is 0.318 e. The van der Waals surface area contributed by atoms with Crippen molar-refractivity contribution in [3.63, 3.8) is 0 Å². The van der Waals surface area contributed by atoms with Crippen LogP contribution < -0.4 is 16.0 Å². The number of benzene rings is 1. The quantitative estimate of drug-likeness (QED) is 0.654. The van der Waals surface area contributed by atoms with E-state index >= 15 is 0 Å². The standard InChI is InChI=1S/C11H15N3O/c1-12-11(15)14-9-5-4-8-3-2-6-13-10(8)7-9/h4-5,7,13H,2-3,6H2,1H3,(H2,12,14,15). The van der Waals surface area contributed by atoms with E-state index in [1.807, 2.05) is 12.1 Å². The molecule has 4 nitrogen and oxygen atoms in total. The molecule has 0 unspecified atom stereocenters. The molecule has 1 aliphatic heterocycles. The molecule has 2 amide bonds. The largest absolute Gasteiger partial charge is 0.385 e. The van der Waals surface area contributed by atoms with Crippen molar-refractivity contribution in [3.8, 4) is 0 Å². The van der Waals surface area contributed by atoms with Crippen molar-refractivity contribution in [2.75, 3.05) is 24.2 Å². The first-order valence-corrected chi connectivity index (χ1v) is 5.15. The van der Waals surface area contributed by atoms with E-state index < -0.39 is 0 Å². The first kappa shape index (κ1) is 9.83. The van der Waals surface area contributed by atoms with Crippen LogP contribution in [0.3, 0.4) is 0 Å². The lowest BCUT2D eigenvalue weighted by Gasteiger charge is -2.18. The molecule has 2 rings (SSSR count). The molecule has 1 aromatic carbocycles. The number of hydrogen-bond donors (Lipinski definition) is 3. The maximum absolute atomic E-state index is 11.1. The van der Waals surface area contributed by atoms with E-state index in [9.17, 15) is 4.79 Å². The molecule has 15 heavy (non-hydrogen) atoms. The van der Waals surface area contributed by atoms with Gasteiger partial charge in [0.1, 0.15) is 0 Å². The summed E-state index contributed by atoms with van der Waals surface area (Å²) in [5.74, 6) is 0. The Morgan fingerprint density at radius 1 is 1.47 bits per heavy atom. The number of fused-ring (bicyclic) bond motifs is 1. The van der Waals surface area contributed by atoms with Gasteiger partial charge in [-0.1, -0.05) is 6.07 Å². The number of urea groups is 1. The molecule has 0 spiro atoms. The van der Waals surface area contributed by atoms with Gasteiger partial charge in [0.15, 0.2) is 0 Å². The first-order chi connectivity index (χ1) is 7.29. The van der Waals surface area contributed by atoms with Crippen LogP contribution in [0.1, 0.15) is 12.0 Å². The van der Waals surface area contributed by atoms with Gasteiger partial charge >= 0.3 is 6.03 Å². The Morgan fingerprint density at radius 3 is 3.13 bits per heavy atom. The van der Waals surface area contributed by atoms with E-state index in [0.717, 1.165) is 24.3 Å². The van der Waals surface area contributed by atoms with Gasteiger partial charge in [-0.3, -0.25) is 0 Å². The fraction of sp³-hybridized carbons (Fsp3) is 0.364. The minimum atomic E-state index is -0.189. The Balaban J connectivity index is 2.17. The average Bonchev–Trinajstić information content (AvgIpc) is 2.29. The molecule has 3 N–H and O–H groups in total. The van der Waals surface area contributed by atoms with Crippen molar-refractivity contribution in [1.82, 2.24) is 5.32 Å². The molecule has 0 radical (unpaired) electrons. The molecule has 1 heterocycles. The molecular weight excluding hydrogens is 190 g/mol. The summed E-state index contributed by atoms with van der Waals surface area (Å²) in [6.07, 6.45) is 2.29. The summed E-state index contributed by atoms with van der Waals surface area (Å²) in [5.41, 5.74) is 3.28. The zero-order valence-electron chi connectivity index (χ0n) is 8.76. The van der Waals surface area contributed by atoms with E-state index in [4.69, 9.17) is 0 Å². The van der Waals surface area contributed by atoms with Gasteiger partial charge < -0.3 is 16.0 Å². The van der Waals surface area contributed by atoms with Gasteiger partial charge in [0.25, 0.3) is 0 Å². The molecule has 4 heteroatoms. The molecule has 80 valence electrons. The van der Waals surface area contributed by atoms with Crippen LogP contribution in [-0.4, -0.2) is 19.6 Å². The van der Waals surface area contributed by atoms with Crippen LogP contribution in [0, 0.1) is 0 Å². The minimum Gasteiger partial charge on any atom is -0.385 e. The zero-order chi connectivity index (χ0) is 10.7. The Hall–Kier alpha value is -1.71. The summed E-state index contributed by atoms with van der Waals surface area (Å²) >= 11 is 0. The highest BCUT2D eigenvalue weighted by Gasteiger charge is 2.09. The van der Waals surface area contributed by atoms with Crippen molar-refractivity contribution >= 4 is 17.4 Å². The van der Waals surface area contributed by atoms with Crippen LogP contribution >= 0.6 is 0 Å². The van der Waals surface area contributed by atoms with Crippen LogP contribution in [0.15, 0.2) is 18.2 Å². The third-order valence-electron chi connectivity index (χ3n) is 2.53. The van der Waals surface area contributed by atoms with Gasteiger partial charge in [-0.25, -0.2) is 4.79 Å². The highest BCUT2D eigenvalue weighted by molar-refractivity contribution is 5.89. The molecule has 0 bridgehead atoms. The Kier molecular flexibility index (Phi) is 2.76. The van der Waals surface area contributed by atoms with Crippen molar-refractivity contribution in [2.24, 2.45) is 0 Å². The fourth-order valence-electron chi connectivity index (χ4n) is 1.73. The molecule has 0 saturated carbocycles. The smallest absolute Gasteiger partial charge is 0.318 e. The molecule has 1 aliphatic rings. The second-order valence-corrected chi connectivity index (χ2v) is 3.61. The minimum absolute atomic E-state index is 0.189. The van der Waals surface area contributed by atoms with Crippen molar-refractivity contribution in [3.05, 3.63) is 23.8 Å². The van der Waals surface area contributed by atoms with Crippen LogP contribution in [0.25, 0.3) is 0 Å². The van der Waals surface area contributed by atoms with E-state index in [2.05, 4.69) is 22.0 Å². The highest BCUT2D eigenvalue weighted by Crippen LogP contribution is 2.25. The Labute approximate surface area is 89.1 Å². The predicted octanol–water partition coefficient (Wildman–Crippen LogP) is 1.80. The molecule has 1 aromatic rings. The average molecular weight is 205 g/mol. The number of anilines is 2. The number of carbonyl (C=O) groups excluding carboxylic acids is 1. The number of amides is 2. The summed E-state index contributed by atoms with van der Waals surface area (Å²) in [7, 11) is 1.60. The summed E-state index contributed by atoms with van der Waals surface area (Å²) in [6.45, 7) is 1.01. The molecule has 0 aromatic heterocycles. The van der Waals surface area contributed by atoms with Gasteiger partial charge in [0.05, 0.1) is 0 Å². The SMILES string of the molecule is CNC(=O)Nc1ccc2c(c1)NCCC2. The van der Waals surface area contributed by atoms with Crippen molar-refractivity contribution in [2.45, 2.75) is 12.8 Å². The van der Waals surface area contributed by atoms with Crippen LogP contribution in [0.4, 0.5) is 16.2 Å². The Morgan fingerprint density at radius 2 is 2.33 bits per heavy atom. The molecule has 0 aliphatic carbocycles. The lowest BCUT2D eigenvalue weighted by molar-refractivity contribution is 0.254. The zero-order valence-corrected chi connectivity index (χ0v) is 8.76. The third kappa shape index (κ3) is 2.21. The van der Waals surface area contributed by atoms with Crippen molar-refractivity contribution in [1.29, 1.82) is 0 Å². The fourth-order valence-corrected chi connectivity index (χ4v) is 1.73. The number of nitrogens with one attached hydrogen (secondary N) is 3. The maximum atomic E-state index is 11.1. The van der Waals surface area contributed by atoms with Gasteiger partial charge in [0, 0.05) is 25.0 Å². The Bertz CT molecular complexity index is 376. The molecular formula is C11H15N3O. The lowest BCUT2D eigenvalue weighted by Crippen LogP contribution is -2.24. The van der Waals surface area contributed by atoms with Crippen LogP contribution in [-0.2, 0) is 6.42 Å². The second-order valence-electron chi connectivity index (χ2n) is 3.61. The number of rotatable bonds is 1. The lowest BCUT2D eigenvalue weighted by atomic mass is 10.0. The summed E-state index contributed by atoms with van der Waals surface area (Å²) < 4.78 is 0. The van der Waals surface area contributed by atoms with E-state index in [-0.39, 0.29) is 6.03 Å². The number of hydrogen-bond acceptors (Lipinski definition) is 2. The first-order valence-electron chi connectivity index (χ1n) is 5.15. The van der Waals surface area contributed by atoms with Gasteiger partial charge in [-0.2, -0.15) is 0 Å². The van der Waals surface area contributed by atoms with Gasteiger partial charge in [-0.15, -0.1) is 0 Å². The van der Waals surface area contributed by atoms with E-state index in [1.54, 1.807) is 7.05 Å². The predicted molar refractivity (Wildman–Crippen MR) is 61.3 cm³/mol. The molecule has 0 fully saturated rings. The monoisotopic (exact) mass is 205 g/mol. The molecule has 0 saturated heterocycles. The third-order valence-corrected chi connectivity index (χ3v) is 2.53. The molecule has 0 atom stereocenters. The van der Waals surface area contributed by atoms with E-state index in [1.165, 1.54) is 12.0 Å². The second kappa shape index (κ2) is 4.21. The normalized spacial score (nSPS) is 13.7. The van der Waals surface area contributed by atoms with Crippen LogP contribution in [0.2, 0.25) is 0 Å². The van der Waals surface area contributed by atoms with Gasteiger partial charge in [-0.05, 0) is 30.5 Å². The van der Waals surface area contributed by atoms with Crippen LogP contribution in [0.5, 0.6) is 0 Å². The summed E-state index contributed by atoms with van der Waals surface area (Å²) in [4.78, 5) is 11.1. The van der Waals surface area contributed by atoms with Crippen molar-refractivity contribution < 1.29 is 4.79 Å².